The highest BCUT2D eigenvalue weighted by atomic mass is 32.1. The SMILES string of the molecule is Cc1nn(-c2c(F)cccc2C(N)=O)cc1CN1CCC2(CC1)OCC(F)(F)c1cc(F)sc12.O=C(O)[C@H](O)[C@@H](O)C(=O)O. The number of thiophene rings is 1. The summed E-state index contributed by atoms with van der Waals surface area (Å²) in [5.41, 5.74) is 5.73. The number of carboxylic acids is 2. The quantitative estimate of drug-likeness (QED) is 0.238. The number of carboxylic acid groups (broad SMARTS) is 2. The topological polar surface area (TPSA) is 188 Å². The summed E-state index contributed by atoms with van der Waals surface area (Å²) in [4.78, 5) is 33.7. The van der Waals surface area contributed by atoms with Crippen molar-refractivity contribution < 1.29 is 57.1 Å². The number of likely N-dealkylation sites (tertiary alicyclic amines) is 1. The summed E-state index contributed by atoms with van der Waals surface area (Å²) < 4.78 is 63.9. The zero-order valence-electron chi connectivity index (χ0n) is 23.0. The van der Waals surface area contributed by atoms with E-state index < -0.39 is 59.1 Å². The molecule has 1 spiro atoms. The second-order valence-electron chi connectivity index (χ2n) is 10.3. The second kappa shape index (κ2) is 12.6. The van der Waals surface area contributed by atoms with Gasteiger partial charge in [0.1, 0.15) is 23.7 Å². The Morgan fingerprint density at radius 3 is 2.30 bits per heavy atom. The highest BCUT2D eigenvalue weighted by Crippen LogP contribution is 2.51. The van der Waals surface area contributed by atoms with Gasteiger partial charge < -0.3 is 30.9 Å². The summed E-state index contributed by atoms with van der Waals surface area (Å²) >= 11 is 0.735. The molecule has 5 rings (SSSR count). The van der Waals surface area contributed by atoms with Crippen LogP contribution in [0.2, 0.25) is 0 Å². The first-order valence-electron chi connectivity index (χ1n) is 13.1. The third-order valence-corrected chi connectivity index (χ3v) is 8.49. The zero-order valence-corrected chi connectivity index (χ0v) is 23.9. The number of hydrogen-bond acceptors (Lipinski definition) is 9. The maximum atomic E-state index is 14.5. The Labute approximate surface area is 250 Å². The molecule has 0 radical (unpaired) electrons. The number of alkyl halides is 2. The molecule has 3 aromatic rings. The molecule has 0 saturated carbocycles. The number of aliphatic hydroxyl groups excluding tert-OH is 2. The fourth-order valence-electron chi connectivity index (χ4n) is 5.01. The lowest BCUT2D eigenvalue weighted by atomic mass is 9.84. The van der Waals surface area contributed by atoms with Crippen molar-refractivity contribution >= 4 is 29.2 Å². The van der Waals surface area contributed by atoms with E-state index in [1.807, 2.05) is 0 Å². The molecule has 6 N–H and O–H groups in total. The Morgan fingerprint density at radius 2 is 1.73 bits per heavy atom. The third kappa shape index (κ3) is 6.61. The van der Waals surface area contributed by atoms with Gasteiger partial charge in [-0.15, -0.1) is 11.3 Å². The van der Waals surface area contributed by atoms with Gasteiger partial charge in [0, 0.05) is 41.8 Å². The number of carbonyl (C=O) groups excluding carboxylic acids is 1. The van der Waals surface area contributed by atoms with E-state index in [1.165, 1.54) is 22.9 Å². The van der Waals surface area contributed by atoms with Crippen LogP contribution < -0.4 is 5.73 Å². The lowest BCUT2D eigenvalue weighted by molar-refractivity contribution is -0.182. The van der Waals surface area contributed by atoms with Crippen molar-refractivity contribution in [3.63, 3.8) is 0 Å². The van der Waals surface area contributed by atoms with Gasteiger partial charge in [-0.05, 0) is 38.0 Å². The molecule has 0 unspecified atom stereocenters. The molecule has 4 heterocycles. The highest BCUT2D eigenvalue weighted by molar-refractivity contribution is 7.10. The molecule has 2 aliphatic heterocycles. The molecule has 2 aromatic heterocycles. The number of benzene rings is 1. The number of rotatable bonds is 7. The first-order valence-corrected chi connectivity index (χ1v) is 13.9. The van der Waals surface area contributed by atoms with Gasteiger partial charge in [-0.1, -0.05) is 6.07 Å². The first-order chi connectivity index (χ1) is 20.6. The molecule has 238 valence electrons. The van der Waals surface area contributed by atoms with Gasteiger partial charge in [0.2, 0.25) is 0 Å². The van der Waals surface area contributed by atoms with E-state index in [4.69, 9.17) is 30.9 Å². The lowest BCUT2D eigenvalue weighted by Crippen LogP contribution is -2.48. The van der Waals surface area contributed by atoms with Crippen LogP contribution in [0.15, 0.2) is 30.5 Å². The van der Waals surface area contributed by atoms with Crippen LogP contribution in [0.1, 0.15) is 44.9 Å². The molecule has 44 heavy (non-hydrogen) atoms. The first kappa shape index (κ1) is 33.0. The van der Waals surface area contributed by atoms with Crippen molar-refractivity contribution in [1.29, 1.82) is 0 Å². The van der Waals surface area contributed by atoms with Crippen molar-refractivity contribution in [1.82, 2.24) is 14.7 Å². The van der Waals surface area contributed by atoms with Crippen LogP contribution in [-0.4, -0.2) is 84.9 Å². The number of piperidine rings is 1. The standard InChI is InChI=1S/C23H22F4N4O2S.C4H6O6/c1-13-14(11-31(29-13)19-15(21(28)32)3-2-4-17(19)24)10-30-7-5-22(6-8-30)20-16(9-18(25)34-20)23(26,27)12-33-22;5-1(3(7)8)2(6)4(9)10/h2-4,9,11H,5-8,10,12H2,1H3,(H2,28,32);1-2,5-6H,(H,7,8)(H,9,10)/t;1-,2-/m.1/s1. The molecule has 0 bridgehead atoms. The van der Waals surface area contributed by atoms with E-state index in [2.05, 4.69) is 10.00 Å². The summed E-state index contributed by atoms with van der Waals surface area (Å²) in [5, 5.41) is 36.3. The van der Waals surface area contributed by atoms with Gasteiger partial charge >= 0.3 is 11.9 Å². The van der Waals surface area contributed by atoms with Crippen LogP contribution in [0.3, 0.4) is 0 Å². The van der Waals surface area contributed by atoms with Crippen molar-refractivity contribution in [3.8, 4) is 5.69 Å². The van der Waals surface area contributed by atoms with Crippen molar-refractivity contribution in [2.45, 2.75) is 50.0 Å². The van der Waals surface area contributed by atoms with Crippen molar-refractivity contribution in [2.75, 3.05) is 19.7 Å². The molecular weight excluding hydrogens is 616 g/mol. The number of aliphatic hydroxyl groups is 2. The van der Waals surface area contributed by atoms with Crippen molar-refractivity contribution in [3.05, 3.63) is 68.7 Å². The smallest absolute Gasteiger partial charge is 0.335 e. The minimum atomic E-state index is -3.19. The predicted octanol–water partition coefficient (Wildman–Crippen LogP) is 2.11. The highest BCUT2D eigenvalue weighted by Gasteiger charge is 2.51. The molecule has 1 aromatic carbocycles. The van der Waals surface area contributed by atoms with E-state index in [9.17, 15) is 31.9 Å². The molecule has 17 heteroatoms. The number of aryl methyl sites for hydroxylation is 1. The van der Waals surface area contributed by atoms with E-state index in [0.29, 0.717) is 38.2 Å². The Hall–Kier alpha value is -3.90. The number of carbonyl (C=O) groups is 3. The molecule has 12 nitrogen and oxygen atoms in total. The third-order valence-electron chi connectivity index (χ3n) is 7.38. The van der Waals surface area contributed by atoms with E-state index in [0.717, 1.165) is 23.0 Å². The predicted molar refractivity (Wildman–Crippen MR) is 144 cm³/mol. The number of hydrogen-bond donors (Lipinski definition) is 5. The Bertz CT molecular complexity index is 1550. The molecule has 2 aliphatic rings. The average molecular weight is 645 g/mol. The van der Waals surface area contributed by atoms with E-state index in [-0.39, 0.29) is 21.7 Å². The van der Waals surface area contributed by atoms with Gasteiger partial charge in [0.05, 0.1) is 11.3 Å². The Morgan fingerprint density at radius 1 is 1.11 bits per heavy atom. The number of ether oxygens (including phenoxy) is 1. The minimum absolute atomic E-state index is 0.00858. The van der Waals surface area contributed by atoms with Gasteiger partial charge in [-0.3, -0.25) is 9.69 Å². The number of nitrogens with two attached hydrogens (primary N) is 1. The number of aromatic nitrogens is 2. The van der Waals surface area contributed by atoms with Gasteiger partial charge in [-0.25, -0.2) is 18.7 Å². The molecular formula is C27H28F4N4O8S. The van der Waals surface area contributed by atoms with Crippen LogP contribution in [-0.2, 0) is 32.4 Å². The van der Waals surface area contributed by atoms with Crippen molar-refractivity contribution in [2.24, 2.45) is 5.73 Å². The Balaban J connectivity index is 0.000000382. The largest absolute Gasteiger partial charge is 0.479 e. The van der Waals surface area contributed by atoms with Gasteiger partial charge in [0.25, 0.3) is 11.8 Å². The molecule has 1 saturated heterocycles. The number of para-hydroxylation sites is 1. The monoisotopic (exact) mass is 644 g/mol. The summed E-state index contributed by atoms with van der Waals surface area (Å²) in [5.74, 6) is -8.10. The Kier molecular flexibility index (Phi) is 9.46. The average Bonchev–Trinajstić information content (AvgIpc) is 3.54. The van der Waals surface area contributed by atoms with Crippen LogP contribution in [0.4, 0.5) is 17.6 Å². The molecule has 2 atom stereocenters. The summed E-state index contributed by atoms with van der Waals surface area (Å²) in [6, 6.07) is 5.01. The lowest BCUT2D eigenvalue weighted by Gasteiger charge is -2.45. The molecule has 1 fully saturated rings. The fourth-order valence-corrected chi connectivity index (χ4v) is 6.15. The number of nitrogens with zero attached hydrogens (tertiary/aromatic N) is 3. The van der Waals surface area contributed by atoms with Crippen LogP contribution >= 0.6 is 11.3 Å². The summed E-state index contributed by atoms with van der Waals surface area (Å²) in [7, 11) is 0. The number of halogens is 4. The van der Waals surface area contributed by atoms with Crippen LogP contribution in [0.5, 0.6) is 0 Å². The van der Waals surface area contributed by atoms with Crippen LogP contribution in [0.25, 0.3) is 5.69 Å². The molecule has 0 aliphatic carbocycles. The minimum Gasteiger partial charge on any atom is -0.479 e. The second-order valence-corrected chi connectivity index (χ2v) is 11.3. The summed E-state index contributed by atoms with van der Waals surface area (Å²) in [6.07, 6.45) is -1.98. The molecule has 1 amide bonds. The van der Waals surface area contributed by atoms with E-state index in [1.54, 1.807) is 13.1 Å². The summed E-state index contributed by atoms with van der Waals surface area (Å²) in [6.45, 7) is 2.61. The van der Waals surface area contributed by atoms with E-state index >= 15 is 0 Å². The van der Waals surface area contributed by atoms with Gasteiger partial charge in [0.15, 0.2) is 17.3 Å². The fraction of sp³-hybridized carbons (Fsp3) is 0.407. The zero-order chi connectivity index (χ0) is 32.6. The maximum Gasteiger partial charge on any atom is 0.335 e. The normalized spacial score (nSPS) is 18.5. The number of primary amides is 1. The van der Waals surface area contributed by atoms with Crippen LogP contribution in [0, 0.1) is 17.9 Å². The number of aliphatic carboxylic acids is 2. The maximum absolute atomic E-state index is 14.5. The number of amides is 1. The van der Waals surface area contributed by atoms with Gasteiger partial charge in [-0.2, -0.15) is 18.3 Å². The number of fused-ring (bicyclic) bond motifs is 2.